The average molecular weight is 402 g/mol. The normalized spacial score (nSPS) is 11.6. The van der Waals surface area contributed by atoms with Crippen molar-refractivity contribution in [2.75, 3.05) is 13.7 Å². The summed E-state index contributed by atoms with van der Waals surface area (Å²) in [5.74, 6) is -2.58. The quantitative estimate of drug-likeness (QED) is 0.289. The van der Waals surface area contributed by atoms with Gasteiger partial charge in [0.1, 0.15) is 16.7 Å². The molecule has 152 valence electrons. The number of hydrogen-bond acceptors (Lipinski definition) is 8. The molecule has 1 heterocycles. The maximum atomic E-state index is 12.0. The van der Waals surface area contributed by atoms with Crippen molar-refractivity contribution in [1.82, 2.24) is 5.32 Å². The summed E-state index contributed by atoms with van der Waals surface area (Å²) in [7, 11) is 1.20. The summed E-state index contributed by atoms with van der Waals surface area (Å²) < 4.78 is 14.3. The number of nitro groups is 1. The summed E-state index contributed by atoms with van der Waals surface area (Å²) in [6.45, 7) is -0.621. The van der Waals surface area contributed by atoms with Gasteiger partial charge in [-0.15, -0.1) is 0 Å². The molecule has 0 saturated carbocycles. The molecule has 1 aromatic heterocycles. The van der Waals surface area contributed by atoms with Crippen LogP contribution in [0.3, 0.4) is 0 Å². The van der Waals surface area contributed by atoms with Gasteiger partial charge in [0.05, 0.1) is 13.2 Å². The van der Waals surface area contributed by atoms with Crippen molar-refractivity contribution in [3.8, 4) is 0 Å². The lowest BCUT2D eigenvalue weighted by molar-refractivity contribution is -0.402. The molecule has 0 unspecified atom stereocenters. The number of hydrogen-bond donors (Lipinski definition) is 1. The molecule has 10 nitrogen and oxygen atoms in total. The van der Waals surface area contributed by atoms with E-state index >= 15 is 0 Å². The summed E-state index contributed by atoms with van der Waals surface area (Å²) in [4.78, 5) is 45.4. The zero-order valence-electron chi connectivity index (χ0n) is 15.4. The van der Waals surface area contributed by atoms with Gasteiger partial charge in [-0.2, -0.15) is 0 Å². The summed E-state index contributed by atoms with van der Waals surface area (Å²) in [5, 5.41) is 13.0. The van der Waals surface area contributed by atoms with Crippen molar-refractivity contribution >= 4 is 29.8 Å². The minimum atomic E-state index is -0.937. The second-order valence-corrected chi connectivity index (χ2v) is 5.71. The summed E-state index contributed by atoms with van der Waals surface area (Å²) in [6.07, 6.45) is 2.34. The van der Waals surface area contributed by atoms with Gasteiger partial charge in [-0.05, 0) is 17.7 Å². The largest absolute Gasteiger partial charge is 0.467 e. The number of esters is 2. The first-order valence-electron chi connectivity index (χ1n) is 8.39. The zero-order chi connectivity index (χ0) is 21.2. The van der Waals surface area contributed by atoms with Crippen LogP contribution < -0.4 is 5.32 Å². The Morgan fingerprint density at radius 2 is 1.93 bits per heavy atom. The van der Waals surface area contributed by atoms with Gasteiger partial charge >= 0.3 is 17.8 Å². The predicted octanol–water partition coefficient (Wildman–Crippen LogP) is 1.64. The monoisotopic (exact) mass is 402 g/mol. The van der Waals surface area contributed by atoms with E-state index in [9.17, 15) is 24.5 Å². The van der Waals surface area contributed by atoms with Crippen LogP contribution in [0.1, 0.15) is 11.3 Å². The summed E-state index contributed by atoms with van der Waals surface area (Å²) in [6, 6.07) is 10.5. The molecule has 2 rings (SSSR count). The Balaban J connectivity index is 1.85. The van der Waals surface area contributed by atoms with Crippen molar-refractivity contribution in [2.24, 2.45) is 0 Å². The molecule has 0 aliphatic carbocycles. The molecule has 0 radical (unpaired) electrons. The second kappa shape index (κ2) is 10.4. The van der Waals surface area contributed by atoms with Crippen molar-refractivity contribution in [2.45, 2.75) is 12.5 Å². The Hall–Kier alpha value is -3.95. The van der Waals surface area contributed by atoms with Crippen LogP contribution in [0.4, 0.5) is 5.88 Å². The third-order valence-electron chi connectivity index (χ3n) is 3.63. The van der Waals surface area contributed by atoms with Gasteiger partial charge < -0.3 is 19.2 Å². The van der Waals surface area contributed by atoms with Crippen LogP contribution in [0.5, 0.6) is 0 Å². The topological polar surface area (TPSA) is 138 Å². The number of amides is 1. The Morgan fingerprint density at radius 3 is 2.55 bits per heavy atom. The maximum absolute atomic E-state index is 12.0. The molecule has 0 bridgehead atoms. The second-order valence-electron chi connectivity index (χ2n) is 5.71. The van der Waals surface area contributed by atoms with Gasteiger partial charge in [0.2, 0.25) is 0 Å². The number of rotatable bonds is 9. The van der Waals surface area contributed by atoms with Crippen LogP contribution in [-0.2, 0) is 30.3 Å². The van der Waals surface area contributed by atoms with Crippen LogP contribution in [0.2, 0.25) is 0 Å². The van der Waals surface area contributed by atoms with Crippen molar-refractivity contribution in [3.63, 3.8) is 0 Å². The molecule has 0 spiro atoms. The first-order chi connectivity index (χ1) is 13.9. The number of benzene rings is 1. The fourth-order valence-electron chi connectivity index (χ4n) is 2.29. The molecule has 1 N–H and O–H groups in total. The van der Waals surface area contributed by atoms with Gasteiger partial charge in [-0.25, -0.2) is 9.59 Å². The number of carbonyl (C=O) groups excluding carboxylic acids is 3. The highest BCUT2D eigenvalue weighted by molar-refractivity contribution is 5.90. The number of ether oxygens (including phenoxy) is 2. The van der Waals surface area contributed by atoms with E-state index < -0.39 is 41.3 Å². The van der Waals surface area contributed by atoms with Gasteiger partial charge in [-0.3, -0.25) is 14.9 Å². The first kappa shape index (κ1) is 21.4. The van der Waals surface area contributed by atoms with Gasteiger partial charge in [0, 0.05) is 12.5 Å². The van der Waals surface area contributed by atoms with E-state index in [1.807, 2.05) is 6.07 Å². The van der Waals surface area contributed by atoms with Crippen LogP contribution in [0, 0.1) is 10.1 Å². The SMILES string of the molecule is COC(=O)[C@@H](Cc1ccccc1)NC(=O)COC(=O)/C=C/c1ccc([N+](=O)[O-])o1. The van der Waals surface area contributed by atoms with Crippen molar-refractivity contribution < 1.29 is 33.2 Å². The van der Waals surface area contributed by atoms with E-state index in [4.69, 9.17) is 9.15 Å². The van der Waals surface area contributed by atoms with E-state index in [1.54, 1.807) is 24.3 Å². The standard InChI is InChI=1S/C19H18N2O8/c1-27-19(24)15(11-13-5-3-2-4-6-13)20-16(22)12-28-18(23)10-8-14-7-9-17(29-14)21(25)26/h2-10,15H,11-12H2,1H3,(H,20,22)/b10-8+/t15-/m1/s1. The van der Waals surface area contributed by atoms with E-state index in [2.05, 4.69) is 10.1 Å². The number of furan rings is 1. The molecule has 0 aliphatic heterocycles. The minimum absolute atomic E-state index is 0.0757. The van der Waals surface area contributed by atoms with E-state index in [1.165, 1.54) is 19.3 Å². The van der Waals surface area contributed by atoms with Crippen LogP contribution in [0.25, 0.3) is 6.08 Å². The van der Waals surface area contributed by atoms with E-state index in [0.717, 1.165) is 17.7 Å². The Morgan fingerprint density at radius 1 is 1.21 bits per heavy atom. The van der Waals surface area contributed by atoms with Crippen LogP contribution in [-0.4, -0.2) is 42.5 Å². The van der Waals surface area contributed by atoms with Crippen molar-refractivity contribution in [1.29, 1.82) is 0 Å². The third-order valence-corrected chi connectivity index (χ3v) is 3.63. The average Bonchev–Trinajstić information content (AvgIpc) is 3.20. The molecule has 29 heavy (non-hydrogen) atoms. The summed E-state index contributed by atoms with van der Waals surface area (Å²) >= 11 is 0. The lowest BCUT2D eigenvalue weighted by atomic mass is 10.1. The number of nitrogens with zero attached hydrogens (tertiary/aromatic N) is 1. The molecule has 1 aromatic carbocycles. The molecular weight excluding hydrogens is 384 g/mol. The van der Waals surface area contributed by atoms with Gasteiger partial charge in [-0.1, -0.05) is 30.3 Å². The molecule has 1 amide bonds. The lowest BCUT2D eigenvalue weighted by Gasteiger charge is -2.16. The van der Waals surface area contributed by atoms with Crippen LogP contribution >= 0.6 is 0 Å². The Kier molecular flexibility index (Phi) is 7.66. The smallest absolute Gasteiger partial charge is 0.433 e. The fourth-order valence-corrected chi connectivity index (χ4v) is 2.29. The van der Waals surface area contributed by atoms with E-state index in [0.29, 0.717) is 0 Å². The lowest BCUT2D eigenvalue weighted by Crippen LogP contribution is -2.44. The molecule has 0 saturated heterocycles. The highest BCUT2D eigenvalue weighted by Gasteiger charge is 2.22. The minimum Gasteiger partial charge on any atom is -0.467 e. The van der Waals surface area contributed by atoms with Crippen molar-refractivity contribution in [3.05, 3.63) is 70.0 Å². The zero-order valence-corrected chi connectivity index (χ0v) is 15.4. The predicted molar refractivity (Wildman–Crippen MR) is 99.4 cm³/mol. The number of methoxy groups -OCH3 is 1. The van der Waals surface area contributed by atoms with Gasteiger partial charge in [0.25, 0.3) is 5.91 Å². The molecule has 0 aliphatic rings. The van der Waals surface area contributed by atoms with E-state index in [-0.39, 0.29) is 12.2 Å². The molecule has 2 aromatic rings. The molecule has 1 atom stereocenters. The van der Waals surface area contributed by atoms with Gasteiger partial charge in [0.15, 0.2) is 6.61 Å². The molecular formula is C19H18N2O8. The highest BCUT2D eigenvalue weighted by atomic mass is 16.6. The van der Waals surface area contributed by atoms with Crippen LogP contribution in [0.15, 0.2) is 53.0 Å². The molecule has 10 heteroatoms. The number of nitrogens with one attached hydrogen (secondary N) is 1. The summed E-state index contributed by atoms with van der Waals surface area (Å²) in [5.41, 5.74) is 0.815. The Bertz CT molecular complexity index is 904. The maximum Gasteiger partial charge on any atom is 0.433 e. The Labute approximate surface area is 165 Å². The fraction of sp³-hybridized carbons (Fsp3) is 0.211. The first-order valence-corrected chi connectivity index (χ1v) is 8.39. The highest BCUT2D eigenvalue weighted by Crippen LogP contribution is 2.16. The molecule has 0 fully saturated rings. The number of carbonyl (C=O) groups is 3. The third kappa shape index (κ3) is 6.94.